The number of hydrogen-bond donors (Lipinski definition) is 4. The number of carbonyl (C=O) groups excluding carboxylic acids is 2. The summed E-state index contributed by atoms with van der Waals surface area (Å²) in [6, 6.07) is 22.4. The minimum Gasteiger partial charge on any atom is -0.475 e. The number of nitrogens with one attached hydrogen (secondary N) is 1. The normalized spacial score (nSPS) is 12.6. The summed E-state index contributed by atoms with van der Waals surface area (Å²) in [6.07, 6.45) is -3.56. The van der Waals surface area contributed by atoms with Crippen LogP contribution in [0, 0.1) is 0 Å². The molecule has 0 saturated carbocycles. The molecule has 6 N–H and O–H groups in total. The van der Waals surface area contributed by atoms with E-state index in [2.05, 4.69) is 5.32 Å². The van der Waals surface area contributed by atoms with E-state index in [0.717, 1.165) is 21.9 Å². The molecule has 8 nitrogen and oxygen atoms in total. The number of hydrogen-bond acceptors (Lipinski definition) is 5. The fourth-order valence-electron chi connectivity index (χ4n) is 3.92. The van der Waals surface area contributed by atoms with Crippen molar-refractivity contribution < 1.29 is 32.7 Å². The van der Waals surface area contributed by atoms with E-state index in [1.165, 1.54) is 4.90 Å². The Morgan fingerprint density at radius 3 is 2.18 bits per heavy atom. The fourth-order valence-corrected chi connectivity index (χ4v) is 3.92. The van der Waals surface area contributed by atoms with Gasteiger partial charge in [-0.3, -0.25) is 9.59 Å². The lowest BCUT2D eigenvalue weighted by Gasteiger charge is -2.29. The quantitative estimate of drug-likeness (QED) is 0.308. The van der Waals surface area contributed by atoms with Crippen molar-refractivity contribution in [3.05, 3.63) is 83.9 Å². The van der Waals surface area contributed by atoms with E-state index in [1.807, 2.05) is 72.8 Å². The number of rotatable bonds is 10. The molecule has 0 aliphatic heterocycles. The molecule has 0 spiro atoms. The summed E-state index contributed by atoms with van der Waals surface area (Å²) in [5, 5.41) is 12.3. The number of fused-ring (bicyclic) bond motifs is 1. The number of carbonyl (C=O) groups is 3. The molecule has 0 heterocycles. The topological polar surface area (TPSA) is 139 Å². The Balaban J connectivity index is 0.000000673. The van der Waals surface area contributed by atoms with Gasteiger partial charge in [-0.1, -0.05) is 72.8 Å². The highest BCUT2D eigenvalue weighted by atomic mass is 19.4. The number of nitrogens with zero attached hydrogens (tertiary/aromatic N) is 1. The van der Waals surface area contributed by atoms with Crippen molar-refractivity contribution in [2.75, 3.05) is 13.6 Å². The zero-order valence-electron chi connectivity index (χ0n) is 21.5. The predicted molar refractivity (Wildman–Crippen MR) is 142 cm³/mol. The summed E-state index contributed by atoms with van der Waals surface area (Å²) in [5.74, 6) is -3.21. The van der Waals surface area contributed by atoms with Crippen molar-refractivity contribution >= 4 is 28.6 Å². The van der Waals surface area contributed by atoms with Crippen LogP contribution < -0.4 is 16.8 Å². The number of amides is 2. The monoisotopic (exact) mass is 546 g/mol. The van der Waals surface area contributed by atoms with Crippen LogP contribution in [0.4, 0.5) is 13.2 Å². The maximum Gasteiger partial charge on any atom is 0.490 e. The van der Waals surface area contributed by atoms with Gasteiger partial charge in [0, 0.05) is 13.6 Å². The molecule has 3 aromatic carbocycles. The Bertz CT molecular complexity index is 1230. The zero-order chi connectivity index (χ0) is 29.0. The van der Waals surface area contributed by atoms with E-state index in [1.54, 1.807) is 7.05 Å². The molecular formula is C28H33F3N4O4. The standard InChI is InChI=1S/C26H32N4O2.C2HF3O2/c1-30(24(15-8-16-27)25(31)29-18-19-9-3-2-4-10-19)26(32)23(28)17-21-13-7-12-20-11-5-6-14-22(20)21;3-2(4,5)1(6)7/h2-7,9-14,23-24H,8,15-18,27-28H2,1H3,(H,29,31);(H,6,7)/t23-,24-;/m0./s1. The highest BCUT2D eigenvalue weighted by molar-refractivity contribution is 5.91. The van der Waals surface area contributed by atoms with Crippen molar-refractivity contribution in [2.24, 2.45) is 11.5 Å². The Morgan fingerprint density at radius 2 is 1.56 bits per heavy atom. The second-order valence-electron chi connectivity index (χ2n) is 8.85. The number of carboxylic acid groups (broad SMARTS) is 1. The van der Waals surface area contributed by atoms with Gasteiger partial charge >= 0.3 is 12.1 Å². The molecule has 3 rings (SSSR count). The first-order chi connectivity index (χ1) is 18.5. The molecule has 2 atom stereocenters. The van der Waals surface area contributed by atoms with Crippen LogP contribution in [-0.2, 0) is 27.3 Å². The third-order valence-electron chi connectivity index (χ3n) is 5.99. The van der Waals surface area contributed by atoms with Gasteiger partial charge in [0.15, 0.2) is 0 Å². The lowest BCUT2D eigenvalue weighted by atomic mass is 9.98. The van der Waals surface area contributed by atoms with Crippen molar-refractivity contribution in [3.8, 4) is 0 Å². The molecule has 0 bridgehead atoms. The molecular weight excluding hydrogens is 513 g/mol. The first-order valence-corrected chi connectivity index (χ1v) is 12.3. The Labute approximate surface area is 224 Å². The van der Waals surface area contributed by atoms with Crippen LogP contribution in [0.5, 0.6) is 0 Å². The highest BCUT2D eigenvalue weighted by Crippen LogP contribution is 2.20. The van der Waals surface area contributed by atoms with E-state index >= 15 is 0 Å². The van der Waals surface area contributed by atoms with Crippen molar-refractivity contribution in [1.29, 1.82) is 0 Å². The summed E-state index contributed by atoms with van der Waals surface area (Å²) in [6.45, 7) is 0.857. The molecule has 3 aromatic rings. The first kappa shape index (κ1) is 31.3. The summed E-state index contributed by atoms with van der Waals surface area (Å²) in [4.78, 5) is 36.5. The smallest absolute Gasteiger partial charge is 0.475 e. The van der Waals surface area contributed by atoms with Gasteiger partial charge in [0.05, 0.1) is 6.04 Å². The molecule has 0 unspecified atom stereocenters. The van der Waals surface area contributed by atoms with Gasteiger partial charge in [-0.25, -0.2) is 4.79 Å². The second-order valence-corrected chi connectivity index (χ2v) is 8.85. The van der Waals surface area contributed by atoms with E-state index in [0.29, 0.717) is 32.4 Å². The second kappa shape index (κ2) is 14.8. The molecule has 0 aromatic heterocycles. The number of benzene rings is 3. The summed E-state index contributed by atoms with van der Waals surface area (Å²) >= 11 is 0. The number of likely N-dealkylation sites (N-methyl/N-ethyl adjacent to an activating group) is 1. The van der Waals surface area contributed by atoms with Gasteiger partial charge in [0.2, 0.25) is 11.8 Å². The number of halogens is 3. The van der Waals surface area contributed by atoms with Crippen LogP contribution in [-0.4, -0.2) is 59.6 Å². The Morgan fingerprint density at radius 1 is 0.974 bits per heavy atom. The summed E-state index contributed by atoms with van der Waals surface area (Å²) in [7, 11) is 1.65. The lowest BCUT2D eigenvalue weighted by molar-refractivity contribution is -0.192. The van der Waals surface area contributed by atoms with E-state index in [9.17, 15) is 22.8 Å². The van der Waals surface area contributed by atoms with Crippen molar-refractivity contribution in [2.45, 2.75) is 44.1 Å². The molecule has 39 heavy (non-hydrogen) atoms. The summed E-state index contributed by atoms with van der Waals surface area (Å²) < 4.78 is 31.7. The molecule has 0 aliphatic carbocycles. The van der Waals surface area contributed by atoms with Crippen LogP contribution in [0.1, 0.15) is 24.0 Å². The molecule has 210 valence electrons. The van der Waals surface area contributed by atoms with Gasteiger partial charge in [0.1, 0.15) is 6.04 Å². The molecule has 0 radical (unpaired) electrons. The van der Waals surface area contributed by atoms with E-state index in [4.69, 9.17) is 21.4 Å². The predicted octanol–water partition coefficient (Wildman–Crippen LogP) is 3.23. The van der Waals surface area contributed by atoms with Crippen LogP contribution in [0.15, 0.2) is 72.8 Å². The average Bonchev–Trinajstić information content (AvgIpc) is 2.92. The highest BCUT2D eigenvalue weighted by Gasteiger charge is 2.38. The maximum absolute atomic E-state index is 13.2. The number of nitrogens with two attached hydrogens (primary N) is 2. The van der Waals surface area contributed by atoms with Crippen LogP contribution >= 0.6 is 0 Å². The molecule has 2 amide bonds. The molecule has 0 fully saturated rings. The SMILES string of the molecule is CN(C(=O)[C@@H](N)Cc1cccc2ccccc12)[C@@H](CCCN)C(=O)NCc1ccccc1.O=C(O)C(F)(F)F. The molecule has 11 heteroatoms. The fraction of sp³-hybridized carbons (Fsp3) is 0.321. The van der Waals surface area contributed by atoms with Crippen LogP contribution in [0.3, 0.4) is 0 Å². The molecule has 0 aliphatic rings. The van der Waals surface area contributed by atoms with E-state index < -0.39 is 24.2 Å². The van der Waals surface area contributed by atoms with Crippen molar-refractivity contribution in [1.82, 2.24) is 10.2 Å². The van der Waals surface area contributed by atoms with Crippen LogP contribution in [0.25, 0.3) is 10.8 Å². The van der Waals surface area contributed by atoms with E-state index in [-0.39, 0.29) is 11.8 Å². The Hall–Kier alpha value is -3.96. The Kier molecular flexibility index (Phi) is 11.9. The maximum atomic E-state index is 13.2. The minimum absolute atomic E-state index is 0.199. The summed E-state index contributed by atoms with van der Waals surface area (Å²) in [5.41, 5.74) is 14.0. The first-order valence-electron chi connectivity index (χ1n) is 12.3. The van der Waals surface area contributed by atoms with Gasteiger partial charge in [0.25, 0.3) is 0 Å². The third-order valence-corrected chi connectivity index (χ3v) is 5.99. The van der Waals surface area contributed by atoms with Crippen molar-refractivity contribution in [3.63, 3.8) is 0 Å². The van der Waals surface area contributed by atoms with Gasteiger partial charge < -0.3 is 26.8 Å². The minimum atomic E-state index is -5.08. The number of carboxylic acids is 1. The number of aliphatic carboxylic acids is 1. The zero-order valence-corrected chi connectivity index (χ0v) is 21.5. The number of alkyl halides is 3. The average molecular weight is 547 g/mol. The largest absolute Gasteiger partial charge is 0.490 e. The molecule has 0 saturated heterocycles. The van der Waals surface area contributed by atoms with Gasteiger partial charge in [-0.2, -0.15) is 13.2 Å². The third kappa shape index (κ3) is 9.69. The lowest BCUT2D eigenvalue weighted by Crippen LogP contribution is -2.53. The van der Waals surface area contributed by atoms with Gasteiger partial charge in [-0.05, 0) is 47.7 Å². The van der Waals surface area contributed by atoms with Gasteiger partial charge in [-0.15, -0.1) is 0 Å². The van der Waals surface area contributed by atoms with Crippen LogP contribution in [0.2, 0.25) is 0 Å².